The fourth-order valence-electron chi connectivity index (χ4n) is 1.44. The summed E-state index contributed by atoms with van der Waals surface area (Å²) in [6.45, 7) is 0. The van der Waals surface area contributed by atoms with Gasteiger partial charge in [-0.2, -0.15) is 13.2 Å². The maximum atomic E-state index is 12.4. The Morgan fingerprint density at radius 1 is 1.36 bits per heavy atom. The first kappa shape index (κ1) is 9.05. The molecule has 73 valence electrons. The van der Waals surface area contributed by atoms with Gasteiger partial charge in [-0.1, -0.05) is 0 Å². The van der Waals surface area contributed by atoms with Crippen LogP contribution in [0.1, 0.15) is 11.1 Å². The number of hydrogen-bond donors (Lipinski definition) is 1. The van der Waals surface area contributed by atoms with Gasteiger partial charge < -0.3 is 5.32 Å². The van der Waals surface area contributed by atoms with Crippen molar-refractivity contribution >= 4 is 11.6 Å². The van der Waals surface area contributed by atoms with Crippen LogP contribution in [0.3, 0.4) is 0 Å². The molecule has 1 aromatic carbocycles. The van der Waals surface area contributed by atoms with Crippen molar-refractivity contribution in [1.82, 2.24) is 0 Å². The summed E-state index contributed by atoms with van der Waals surface area (Å²) < 4.78 is 37.2. The summed E-state index contributed by atoms with van der Waals surface area (Å²) in [7, 11) is 0. The predicted molar refractivity (Wildman–Crippen MR) is 42.6 cm³/mol. The molecule has 1 radical (unpaired) electrons. The van der Waals surface area contributed by atoms with Crippen LogP contribution in [-0.4, -0.2) is 5.91 Å². The van der Waals surface area contributed by atoms with Crippen LogP contribution in [0.4, 0.5) is 18.9 Å². The molecule has 1 aromatic rings. The molecule has 0 bridgehead atoms. The largest absolute Gasteiger partial charge is 0.416 e. The minimum atomic E-state index is -4.42. The summed E-state index contributed by atoms with van der Waals surface area (Å²) in [6, 6.07) is 4.56. The highest BCUT2D eigenvalue weighted by atomic mass is 19.4. The van der Waals surface area contributed by atoms with Crippen LogP contribution in [0.15, 0.2) is 12.1 Å². The zero-order chi connectivity index (χ0) is 10.3. The van der Waals surface area contributed by atoms with Gasteiger partial charge in [-0.15, -0.1) is 0 Å². The van der Waals surface area contributed by atoms with Crippen LogP contribution in [0, 0.1) is 6.07 Å². The van der Waals surface area contributed by atoms with E-state index in [0.717, 1.165) is 6.07 Å². The van der Waals surface area contributed by atoms with E-state index in [9.17, 15) is 18.0 Å². The third kappa shape index (κ3) is 1.34. The molecule has 5 heteroatoms. The Balaban J connectivity index is 2.55. The Labute approximate surface area is 77.7 Å². The third-order valence-electron chi connectivity index (χ3n) is 2.02. The average molecular weight is 200 g/mol. The molecule has 0 saturated carbocycles. The van der Waals surface area contributed by atoms with Crippen LogP contribution < -0.4 is 5.32 Å². The molecule has 0 saturated heterocycles. The van der Waals surface area contributed by atoms with Crippen molar-refractivity contribution < 1.29 is 18.0 Å². The fourth-order valence-corrected chi connectivity index (χ4v) is 1.44. The number of anilines is 1. The van der Waals surface area contributed by atoms with Gasteiger partial charge in [0.2, 0.25) is 5.91 Å². The van der Waals surface area contributed by atoms with Crippen molar-refractivity contribution in [3.63, 3.8) is 0 Å². The Morgan fingerprint density at radius 2 is 2.07 bits per heavy atom. The van der Waals surface area contributed by atoms with E-state index in [1.54, 1.807) is 0 Å². The van der Waals surface area contributed by atoms with Crippen LogP contribution >= 0.6 is 0 Å². The van der Waals surface area contributed by atoms with E-state index in [2.05, 4.69) is 11.4 Å². The van der Waals surface area contributed by atoms with E-state index < -0.39 is 17.6 Å². The van der Waals surface area contributed by atoms with E-state index in [1.165, 1.54) is 6.07 Å². The lowest BCUT2D eigenvalue weighted by Gasteiger charge is -2.09. The number of alkyl halides is 3. The summed E-state index contributed by atoms with van der Waals surface area (Å²) in [5.74, 6) is -0.412. The molecule has 1 amide bonds. The Kier molecular flexibility index (Phi) is 1.77. The Bertz CT molecular complexity index is 398. The summed E-state index contributed by atoms with van der Waals surface area (Å²) in [5, 5.41) is 2.34. The van der Waals surface area contributed by atoms with Gasteiger partial charge in [0.1, 0.15) is 0 Å². The van der Waals surface area contributed by atoms with Crippen LogP contribution in [-0.2, 0) is 17.4 Å². The molecule has 1 aliphatic rings. The van der Waals surface area contributed by atoms with E-state index >= 15 is 0 Å². The number of rotatable bonds is 0. The van der Waals surface area contributed by atoms with Gasteiger partial charge in [0.25, 0.3) is 0 Å². The quantitative estimate of drug-likeness (QED) is 0.681. The van der Waals surface area contributed by atoms with Gasteiger partial charge in [-0.05, 0) is 23.8 Å². The van der Waals surface area contributed by atoms with Crippen LogP contribution in [0.25, 0.3) is 0 Å². The number of carbonyl (C=O) groups excluding carboxylic acids is 1. The topological polar surface area (TPSA) is 29.1 Å². The fraction of sp³-hybridized carbons (Fsp3) is 0.222. The molecule has 0 atom stereocenters. The van der Waals surface area contributed by atoms with E-state index in [0.29, 0.717) is 0 Å². The van der Waals surface area contributed by atoms with Gasteiger partial charge >= 0.3 is 6.18 Å². The predicted octanol–water partition coefficient (Wildman–Crippen LogP) is 2.00. The first-order chi connectivity index (χ1) is 6.48. The lowest BCUT2D eigenvalue weighted by molar-refractivity contribution is -0.138. The van der Waals surface area contributed by atoms with Crippen molar-refractivity contribution in [2.75, 3.05) is 5.32 Å². The van der Waals surface area contributed by atoms with Crippen LogP contribution in [0.5, 0.6) is 0 Å². The Hall–Kier alpha value is -1.52. The molecule has 1 heterocycles. The molecule has 0 spiro atoms. The second-order valence-corrected chi connectivity index (χ2v) is 2.98. The zero-order valence-corrected chi connectivity index (χ0v) is 6.90. The third-order valence-corrected chi connectivity index (χ3v) is 2.02. The monoisotopic (exact) mass is 200 g/mol. The zero-order valence-electron chi connectivity index (χ0n) is 6.90. The first-order valence-electron chi connectivity index (χ1n) is 3.88. The van der Waals surface area contributed by atoms with Gasteiger partial charge in [-0.3, -0.25) is 4.79 Å². The lowest BCUT2D eigenvalue weighted by Crippen LogP contribution is -2.08. The molecule has 1 aliphatic heterocycles. The van der Waals surface area contributed by atoms with Crippen molar-refractivity contribution in [1.29, 1.82) is 0 Å². The minimum absolute atomic E-state index is 0.0150. The number of carbonyl (C=O) groups is 1. The van der Waals surface area contributed by atoms with Crippen LogP contribution in [0.2, 0.25) is 0 Å². The standard InChI is InChI=1S/C9H5F3NO/c10-9(11,12)6-2-1-3-7-5(6)4-8(14)13-7/h2-3H,4H2,(H,13,14). The summed E-state index contributed by atoms with van der Waals surface area (Å²) >= 11 is 0. The molecule has 0 unspecified atom stereocenters. The van der Waals surface area contributed by atoms with Crippen molar-refractivity contribution in [3.05, 3.63) is 29.3 Å². The second-order valence-electron chi connectivity index (χ2n) is 2.98. The molecular weight excluding hydrogens is 195 g/mol. The average Bonchev–Trinajstić information content (AvgIpc) is 2.41. The first-order valence-corrected chi connectivity index (χ1v) is 3.88. The van der Waals surface area contributed by atoms with Gasteiger partial charge in [0.15, 0.2) is 0 Å². The molecule has 0 aromatic heterocycles. The molecule has 14 heavy (non-hydrogen) atoms. The minimum Gasteiger partial charge on any atom is -0.325 e. The number of fused-ring (bicyclic) bond motifs is 1. The SMILES string of the molecule is O=C1Cc2c(c[c]cc2C(F)(F)F)N1. The molecule has 2 nitrogen and oxygen atoms in total. The number of nitrogens with one attached hydrogen (secondary N) is 1. The molecular formula is C9H5F3NO. The summed E-state index contributed by atoms with van der Waals surface area (Å²) in [6.07, 6.45) is -4.63. The van der Waals surface area contributed by atoms with Gasteiger partial charge in [0.05, 0.1) is 12.0 Å². The van der Waals surface area contributed by atoms with Gasteiger partial charge in [0, 0.05) is 5.69 Å². The maximum absolute atomic E-state index is 12.4. The normalized spacial score (nSPS) is 15.2. The number of halogens is 3. The van der Waals surface area contributed by atoms with Gasteiger partial charge in [-0.25, -0.2) is 0 Å². The summed E-state index contributed by atoms with van der Waals surface area (Å²) in [5.41, 5.74) is -0.556. The molecule has 2 rings (SSSR count). The number of amides is 1. The summed E-state index contributed by atoms with van der Waals surface area (Å²) in [4.78, 5) is 10.9. The smallest absolute Gasteiger partial charge is 0.325 e. The molecule has 1 N–H and O–H groups in total. The van der Waals surface area contributed by atoms with E-state index in [4.69, 9.17) is 0 Å². The van der Waals surface area contributed by atoms with Crippen molar-refractivity contribution in [3.8, 4) is 0 Å². The van der Waals surface area contributed by atoms with E-state index in [1.807, 2.05) is 0 Å². The highest BCUT2D eigenvalue weighted by Gasteiger charge is 2.36. The molecule has 0 aliphatic carbocycles. The maximum Gasteiger partial charge on any atom is 0.416 e. The highest BCUT2D eigenvalue weighted by molar-refractivity contribution is 5.99. The highest BCUT2D eigenvalue weighted by Crippen LogP contribution is 2.37. The second kappa shape index (κ2) is 2.73. The van der Waals surface area contributed by atoms with Crippen molar-refractivity contribution in [2.24, 2.45) is 0 Å². The van der Waals surface area contributed by atoms with Crippen molar-refractivity contribution in [2.45, 2.75) is 12.6 Å². The molecule has 0 fully saturated rings. The lowest BCUT2D eigenvalue weighted by atomic mass is 10.0. The van der Waals surface area contributed by atoms with E-state index in [-0.39, 0.29) is 17.7 Å². The Morgan fingerprint density at radius 3 is 2.71 bits per heavy atom. The number of benzene rings is 1. The number of hydrogen-bond acceptors (Lipinski definition) is 1.